The van der Waals surface area contributed by atoms with E-state index in [9.17, 15) is 14.4 Å². The van der Waals surface area contributed by atoms with Crippen molar-refractivity contribution in [1.82, 2.24) is 4.90 Å². The highest BCUT2D eigenvalue weighted by Crippen LogP contribution is 2.32. The van der Waals surface area contributed by atoms with Crippen LogP contribution in [-0.2, 0) is 4.79 Å². The molecule has 8 heteroatoms. The van der Waals surface area contributed by atoms with E-state index in [1.54, 1.807) is 24.3 Å². The van der Waals surface area contributed by atoms with Gasteiger partial charge in [-0.3, -0.25) is 19.3 Å². The molecule has 0 fully saturated rings. The molecule has 0 aliphatic carbocycles. The number of amides is 3. The van der Waals surface area contributed by atoms with Crippen LogP contribution in [0, 0.1) is 0 Å². The maximum atomic E-state index is 12.6. The van der Waals surface area contributed by atoms with Crippen LogP contribution < -0.4 is 10.1 Å². The van der Waals surface area contributed by atoms with E-state index in [1.807, 2.05) is 6.92 Å². The molecule has 0 saturated carbocycles. The summed E-state index contributed by atoms with van der Waals surface area (Å²) < 4.78 is 5.35. The number of halogens is 2. The Morgan fingerprint density at radius 3 is 2.07 bits per heavy atom. The first-order valence-electron chi connectivity index (χ1n) is 8.24. The maximum absolute atomic E-state index is 12.6. The van der Waals surface area contributed by atoms with Crippen LogP contribution in [0.2, 0.25) is 10.0 Å². The Balaban J connectivity index is 1.77. The summed E-state index contributed by atoms with van der Waals surface area (Å²) in [5, 5.41) is 3.03. The minimum atomic E-state index is -1.01. The summed E-state index contributed by atoms with van der Waals surface area (Å²) in [5.74, 6) is -0.977. The van der Waals surface area contributed by atoms with Gasteiger partial charge in [-0.2, -0.15) is 0 Å². The number of carbonyl (C=O) groups excluding carboxylic acids is 3. The number of hydrogen-bond acceptors (Lipinski definition) is 4. The lowest BCUT2D eigenvalue weighted by Crippen LogP contribution is -2.45. The van der Waals surface area contributed by atoms with Crippen molar-refractivity contribution >= 4 is 46.6 Å². The molecule has 1 N–H and O–H groups in total. The van der Waals surface area contributed by atoms with Crippen LogP contribution in [0.3, 0.4) is 0 Å². The van der Waals surface area contributed by atoms with E-state index in [1.165, 1.54) is 19.1 Å². The van der Waals surface area contributed by atoms with E-state index in [2.05, 4.69) is 5.32 Å². The zero-order chi connectivity index (χ0) is 19.7. The standard InChI is InChI=1S/C19H16Cl2N2O4/c1-3-27-12-6-4-11(5-7-12)22-17(24)10(2)23-18(25)13-8-15(20)16(21)9-14(13)19(23)26/h4-10H,3H2,1-2H3,(H,22,24)/t10-/m0/s1. The van der Waals surface area contributed by atoms with E-state index in [0.717, 1.165) is 4.90 Å². The number of nitrogens with one attached hydrogen (secondary N) is 1. The van der Waals surface area contributed by atoms with Crippen LogP contribution >= 0.6 is 23.2 Å². The topological polar surface area (TPSA) is 75.7 Å². The third-order valence-corrected chi connectivity index (χ3v) is 4.88. The predicted octanol–water partition coefficient (Wildman–Crippen LogP) is 4.02. The number of hydrogen-bond donors (Lipinski definition) is 1. The Kier molecular flexibility index (Phi) is 5.39. The van der Waals surface area contributed by atoms with E-state index in [-0.39, 0.29) is 21.2 Å². The minimum Gasteiger partial charge on any atom is -0.494 e. The summed E-state index contributed by atoms with van der Waals surface area (Å²) in [4.78, 5) is 38.6. The van der Waals surface area contributed by atoms with Crippen molar-refractivity contribution < 1.29 is 19.1 Å². The van der Waals surface area contributed by atoms with Gasteiger partial charge in [0.2, 0.25) is 5.91 Å². The minimum absolute atomic E-state index is 0.134. The van der Waals surface area contributed by atoms with Crippen molar-refractivity contribution in [2.75, 3.05) is 11.9 Å². The quantitative estimate of drug-likeness (QED) is 0.760. The largest absolute Gasteiger partial charge is 0.494 e. The average molecular weight is 407 g/mol. The molecule has 1 aliphatic heterocycles. The number of benzene rings is 2. The zero-order valence-electron chi connectivity index (χ0n) is 14.6. The highest BCUT2D eigenvalue weighted by molar-refractivity contribution is 6.43. The number of fused-ring (bicyclic) bond motifs is 1. The zero-order valence-corrected chi connectivity index (χ0v) is 16.1. The van der Waals surface area contributed by atoms with Gasteiger partial charge in [0.05, 0.1) is 27.8 Å². The second-order valence-corrected chi connectivity index (χ2v) is 6.73. The molecule has 2 aromatic rings. The van der Waals surface area contributed by atoms with Crippen LogP contribution in [0.15, 0.2) is 36.4 Å². The molecule has 0 bridgehead atoms. The lowest BCUT2D eigenvalue weighted by Gasteiger charge is -2.21. The van der Waals surface area contributed by atoms with Crippen molar-refractivity contribution in [3.8, 4) is 5.75 Å². The summed E-state index contributed by atoms with van der Waals surface area (Å²) in [6, 6.07) is 8.47. The van der Waals surface area contributed by atoms with Gasteiger partial charge in [0, 0.05) is 5.69 Å². The van der Waals surface area contributed by atoms with E-state index < -0.39 is 23.8 Å². The SMILES string of the molecule is CCOc1ccc(NC(=O)[C@H](C)N2C(=O)c3cc(Cl)c(Cl)cc3C2=O)cc1. The van der Waals surface area contributed by atoms with Gasteiger partial charge in [-0.15, -0.1) is 0 Å². The second-order valence-electron chi connectivity index (χ2n) is 5.91. The lowest BCUT2D eigenvalue weighted by molar-refractivity contribution is -0.119. The lowest BCUT2D eigenvalue weighted by atomic mass is 10.1. The molecule has 140 valence electrons. The Morgan fingerprint density at radius 2 is 1.59 bits per heavy atom. The fourth-order valence-corrected chi connectivity index (χ4v) is 3.10. The number of carbonyl (C=O) groups is 3. The van der Waals surface area contributed by atoms with Gasteiger partial charge in [-0.1, -0.05) is 23.2 Å². The summed E-state index contributed by atoms with van der Waals surface area (Å²) in [7, 11) is 0. The van der Waals surface area contributed by atoms with E-state index in [0.29, 0.717) is 18.0 Å². The van der Waals surface area contributed by atoms with Crippen molar-refractivity contribution in [1.29, 1.82) is 0 Å². The normalized spacial score (nSPS) is 14.1. The second kappa shape index (κ2) is 7.58. The molecule has 2 aromatic carbocycles. The van der Waals surface area contributed by atoms with Crippen molar-refractivity contribution in [3.63, 3.8) is 0 Å². The van der Waals surface area contributed by atoms with Gasteiger partial charge in [-0.05, 0) is 50.2 Å². The molecule has 1 heterocycles. The summed E-state index contributed by atoms with van der Waals surface area (Å²) in [5.41, 5.74) is 0.795. The van der Waals surface area contributed by atoms with Crippen LogP contribution in [-0.4, -0.2) is 35.3 Å². The average Bonchev–Trinajstić information content (AvgIpc) is 2.87. The monoisotopic (exact) mass is 406 g/mol. The Morgan fingerprint density at radius 1 is 1.07 bits per heavy atom. The van der Waals surface area contributed by atoms with Crippen molar-refractivity contribution in [2.45, 2.75) is 19.9 Å². The number of ether oxygens (including phenoxy) is 1. The molecule has 1 atom stereocenters. The molecule has 0 spiro atoms. The molecule has 3 amide bonds. The van der Waals surface area contributed by atoms with Crippen LogP contribution in [0.1, 0.15) is 34.6 Å². The Hall–Kier alpha value is -2.57. The summed E-state index contributed by atoms with van der Waals surface area (Å²) >= 11 is 11.9. The Labute approximate surface area is 166 Å². The van der Waals surface area contributed by atoms with Gasteiger partial charge >= 0.3 is 0 Å². The highest BCUT2D eigenvalue weighted by Gasteiger charge is 2.41. The van der Waals surface area contributed by atoms with Gasteiger partial charge in [0.15, 0.2) is 0 Å². The smallest absolute Gasteiger partial charge is 0.262 e. The number of imide groups is 1. The van der Waals surface area contributed by atoms with Gasteiger partial charge in [-0.25, -0.2) is 0 Å². The Bertz CT molecular complexity index is 887. The molecule has 3 rings (SSSR count). The highest BCUT2D eigenvalue weighted by atomic mass is 35.5. The fourth-order valence-electron chi connectivity index (χ4n) is 2.77. The van der Waals surface area contributed by atoms with Gasteiger partial charge in [0.25, 0.3) is 11.8 Å². The number of rotatable bonds is 5. The molecule has 0 unspecified atom stereocenters. The third kappa shape index (κ3) is 3.63. The summed E-state index contributed by atoms with van der Waals surface area (Å²) in [6.45, 7) is 3.89. The van der Waals surface area contributed by atoms with Gasteiger partial charge < -0.3 is 10.1 Å². The first-order valence-corrected chi connectivity index (χ1v) is 8.99. The molecule has 27 heavy (non-hydrogen) atoms. The van der Waals surface area contributed by atoms with E-state index in [4.69, 9.17) is 27.9 Å². The molecular formula is C19H16Cl2N2O4. The predicted molar refractivity (Wildman–Crippen MR) is 103 cm³/mol. The van der Waals surface area contributed by atoms with Crippen molar-refractivity contribution in [2.24, 2.45) is 0 Å². The number of anilines is 1. The van der Waals surface area contributed by atoms with Crippen LogP contribution in [0.5, 0.6) is 5.75 Å². The molecular weight excluding hydrogens is 391 g/mol. The first kappa shape index (κ1) is 19.2. The fraction of sp³-hybridized carbons (Fsp3) is 0.211. The van der Waals surface area contributed by atoms with E-state index >= 15 is 0 Å². The first-order chi connectivity index (χ1) is 12.8. The van der Waals surface area contributed by atoms with Crippen LogP contribution in [0.25, 0.3) is 0 Å². The molecule has 6 nitrogen and oxygen atoms in total. The van der Waals surface area contributed by atoms with Gasteiger partial charge in [0.1, 0.15) is 11.8 Å². The molecule has 1 aliphatic rings. The van der Waals surface area contributed by atoms with Crippen molar-refractivity contribution in [3.05, 3.63) is 57.6 Å². The molecule has 0 aromatic heterocycles. The maximum Gasteiger partial charge on any atom is 0.262 e. The third-order valence-electron chi connectivity index (χ3n) is 4.16. The molecule has 0 radical (unpaired) electrons. The number of nitrogens with zero attached hydrogens (tertiary/aromatic N) is 1. The summed E-state index contributed by atoms with van der Waals surface area (Å²) in [6.07, 6.45) is 0. The molecule has 0 saturated heterocycles. The van der Waals surface area contributed by atoms with Crippen LogP contribution in [0.4, 0.5) is 5.69 Å².